The smallest absolute Gasteiger partial charge is 0.0767 e. The van der Waals surface area contributed by atoms with E-state index in [-0.39, 0.29) is 10.8 Å². The van der Waals surface area contributed by atoms with Crippen LogP contribution in [0.25, 0.3) is 12.2 Å². The molecule has 0 nitrogen and oxygen atoms in total. The first kappa shape index (κ1) is 22.3. The zero-order chi connectivity index (χ0) is 22.9. The molecule has 2 aromatic carbocycles. The number of hydrogen-bond donors (Lipinski definition) is 0. The Morgan fingerprint density at radius 2 is 0.968 bits per heavy atom. The van der Waals surface area contributed by atoms with Gasteiger partial charge in [-0.1, -0.05) is 127 Å². The van der Waals surface area contributed by atoms with Gasteiger partial charge in [0.05, 0.1) is 0 Å². The predicted octanol–water partition coefficient (Wildman–Crippen LogP) is 7.36. The van der Waals surface area contributed by atoms with Crippen molar-refractivity contribution >= 4 is 30.6 Å². The molecule has 0 bridgehead atoms. The lowest BCUT2D eigenvalue weighted by molar-refractivity contribution is 0.588. The number of fused-ring (bicyclic) bond motifs is 2. The standard InChI is InChI=1S/C30H40Si/c1-19-11-13-21-23(29(3,4)5)15-17-25(27(19)21)31(9,10)26-18-16-24(30(6,7)8)22-14-12-20(2)28(22)26/h11-20H,1-10H3. The Hall–Kier alpha value is -1.86. The largest absolute Gasteiger partial charge is 0.113 e. The molecule has 164 valence electrons. The van der Waals surface area contributed by atoms with Gasteiger partial charge in [0.2, 0.25) is 0 Å². The molecule has 0 radical (unpaired) electrons. The Kier molecular flexibility index (Phi) is 5.09. The maximum absolute atomic E-state index is 2.57. The Labute approximate surface area is 191 Å². The van der Waals surface area contributed by atoms with Crippen molar-refractivity contribution in [1.29, 1.82) is 0 Å². The fourth-order valence-electron chi connectivity index (χ4n) is 5.83. The van der Waals surface area contributed by atoms with Gasteiger partial charge in [0.25, 0.3) is 0 Å². The van der Waals surface area contributed by atoms with Crippen LogP contribution in [0.15, 0.2) is 36.4 Å². The van der Waals surface area contributed by atoms with Crippen molar-refractivity contribution in [3.63, 3.8) is 0 Å². The first-order valence-electron chi connectivity index (χ1n) is 12.0. The van der Waals surface area contributed by atoms with E-state index < -0.39 is 8.07 Å². The highest BCUT2D eigenvalue weighted by atomic mass is 28.3. The maximum atomic E-state index is 2.57. The van der Waals surface area contributed by atoms with Gasteiger partial charge in [0.1, 0.15) is 8.07 Å². The van der Waals surface area contributed by atoms with Crippen molar-refractivity contribution < 1.29 is 0 Å². The van der Waals surface area contributed by atoms with E-state index in [1.807, 2.05) is 0 Å². The van der Waals surface area contributed by atoms with E-state index in [1.54, 1.807) is 21.5 Å². The summed E-state index contributed by atoms with van der Waals surface area (Å²) in [5.74, 6) is 0.994. The summed E-state index contributed by atoms with van der Waals surface area (Å²) in [4.78, 5) is 0. The second-order valence-corrected chi connectivity index (χ2v) is 16.7. The van der Waals surface area contributed by atoms with Crippen LogP contribution in [0.2, 0.25) is 13.1 Å². The third-order valence-electron chi connectivity index (χ3n) is 7.55. The zero-order valence-electron chi connectivity index (χ0n) is 21.3. The molecular formula is C30H40Si. The molecule has 2 aliphatic carbocycles. The van der Waals surface area contributed by atoms with Gasteiger partial charge < -0.3 is 0 Å². The first-order valence-corrected chi connectivity index (χ1v) is 15.0. The molecule has 0 N–H and O–H groups in total. The minimum absolute atomic E-state index is 0.163. The highest BCUT2D eigenvalue weighted by Crippen LogP contribution is 2.40. The van der Waals surface area contributed by atoms with Gasteiger partial charge in [-0.3, -0.25) is 0 Å². The second kappa shape index (κ2) is 7.07. The molecule has 2 aromatic rings. The van der Waals surface area contributed by atoms with Crippen LogP contribution in [-0.4, -0.2) is 8.07 Å². The van der Waals surface area contributed by atoms with E-state index in [4.69, 9.17) is 0 Å². The third-order valence-corrected chi connectivity index (χ3v) is 11.1. The maximum Gasteiger partial charge on any atom is 0.113 e. The van der Waals surface area contributed by atoms with Crippen molar-refractivity contribution in [1.82, 2.24) is 0 Å². The summed E-state index contributed by atoms with van der Waals surface area (Å²) in [6.45, 7) is 23.9. The van der Waals surface area contributed by atoms with Gasteiger partial charge in [-0.2, -0.15) is 0 Å². The fourth-order valence-corrected chi connectivity index (χ4v) is 9.19. The van der Waals surface area contributed by atoms with Gasteiger partial charge in [0.15, 0.2) is 0 Å². The second-order valence-electron chi connectivity index (χ2n) is 12.4. The van der Waals surface area contributed by atoms with Crippen LogP contribution in [0.1, 0.15) is 101 Å². The molecule has 2 unspecified atom stereocenters. The number of benzene rings is 2. The molecule has 0 aliphatic heterocycles. The van der Waals surface area contributed by atoms with E-state index in [1.165, 1.54) is 22.3 Å². The Bertz CT molecular complexity index is 1010. The summed E-state index contributed by atoms with van der Waals surface area (Å²) >= 11 is 0. The summed E-state index contributed by atoms with van der Waals surface area (Å²) in [7, 11) is -1.90. The molecule has 2 aliphatic rings. The van der Waals surface area contributed by atoms with Crippen LogP contribution < -0.4 is 10.4 Å². The molecule has 0 fully saturated rings. The molecule has 0 heterocycles. The first-order chi connectivity index (χ1) is 14.2. The Balaban J connectivity index is 1.95. The van der Waals surface area contributed by atoms with E-state index in [0.717, 1.165) is 0 Å². The van der Waals surface area contributed by atoms with Crippen LogP contribution in [0.3, 0.4) is 0 Å². The lowest BCUT2D eigenvalue weighted by atomic mass is 9.82. The Morgan fingerprint density at radius 1 is 0.613 bits per heavy atom. The number of rotatable bonds is 2. The molecule has 0 spiro atoms. The van der Waals surface area contributed by atoms with Crippen LogP contribution in [0.5, 0.6) is 0 Å². The normalized spacial score (nSPS) is 20.3. The van der Waals surface area contributed by atoms with Crippen molar-refractivity contribution in [3.8, 4) is 0 Å². The lowest BCUT2D eigenvalue weighted by Crippen LogP contribution is -2.56. The molecule has 0 saturated heterocycles. The van der Waals surface area contributed by atoms with E-state index in [0.29, 0.717) is 11.8 Å². The van der Waals surface area contributed by atoms with Crippen molar-refractivity contribution in [2.75, 3.05) is 0 Å². The SMILES string of the molecule is CC1C=Cc2c(C(C)(C)C)ccc([Si](C)(C)c3ccc(C(C)(C)C)c4c3C(C)C=C4)c21. The van der Waals surface area contributed by atoms with Crippen molar-refractivity contribution in [3.05, 3.63) is 69.8 Å². The molecule has 1 heteroatoms. The summed E-state index contributed by atoms with van der Waals surface area (Å²) in [5, 5.41) is 3.25. The highest BCUT2D eigenvalue weighted by molar-refractivity contribution is 7.01. The highest BCUT2D eigenvalue weighted by Gasteiger charge is 2.38. The summed E-state index contributed by atoms with van der Waals surface area (Å²) in [6, 6.07) is 9.84. The third kappa shape index (κ3) is 3.50. The predicted molar refractivity (Wildman–Crippen MR) is 142 cm³/mol. The van der Waals surface area contributed by atoms with Crippen molar-refractivity contribution in [2.24, 2.45) is 0 Å². The van der Waals surface area contributed by atoms with Gasteiger partial charge in [-0.15, -0.1) is 0 Å². The van der Waals surface area contributed by atoms with E-state index in [2.05, 4.69) is 117 Å². The molecule has 31 heavy (non-hydrogen) atoms. The van der Waals surface area contributed by atoms with Gasteiger partial charge in [-0.05, 0) is 56.0 Å². The summed E-state index contributed by atoms with van der Waals surface area (Å²) < 4.78 is 0. The minimum Gasteiger partial charge on any atom is -0.0767 e. The number of hydrogen-bond acceptors (Lipinski definition) is 0. The molecule has 2 atom stereocenters. The van der Waals surface area contributed by atoms with Crippen LogP contribution in [0.4, 0.5) is 0 Å². The molecule has 0 amide bonds. The monoisotopic (exact) mass is 428 g/mol. The molecule has 4 rings (SSSR count). The topological polar surface area (TPSA) is 0 Å². The Morgan fingerprint density at radius 3 is 1.29 bits per heavy atom. The number of allylic oxidation sites excluding steroid dienone is 2. The van der Waals surface area contributed by atoms with Crippen molar-refractivity contribution in [2.45, 2.75) is 91.1 Å². The van der Waals surface area contributed by atoms with Gasteiger partial charge in [0, 0.05) is 0 Å². The lowest BCUT2D eigenvalue weighted by Gasteiger charge is -2.34. The molecule has 0 saturated carbocycles. The average molecular weight is 429 g/mol. The quantitative estimate of drug-likeness (QED) is 0.438. The van der Waals surface area contributed by atoms with Crippen LogP contribution in [-0.2, 0) is 10.8 Å². The van der Waals surface area contributed by atoms with Gasteiger partial charge in [-0.25, -0.2) is 0 Å². The molecular weight excluding hydrogens is 388 g/mol. The van der Waals surface area contributed by atoms with E-state index >= 15 is 0 Å². The minimum atomic E-state index is -1.90. The van der Waals surface area contributed by atoms with E-state index in [9.17, 15) is 0 Å². The molecule has 0 aromatic heterocycles. The fraction of sp³-hybridized carbons (Fsp3) is 0.467. The van der Waals surface area contributed by atoms with Gasteiger partial charge >= 0.3 is 0 Å². The zero-order valence-corrected chi connectivity index (χ0v) is 22.3. The average Bonchev–Trinajstić information content (AvgIpc) is 3.22. The summed E-state index contributed by atoms with van der Waals surface area (Å²) in [5.41, 5.74) is 9.47. The van der Waals surface area contributed by atoms with Crippen LogP contribution in [0, 0.1) is 0 Å². The van der Waals surface area contributed by atoms with Crippen LogP contribution >= 0.6 is 0 Å². The summed E-state index contributed by atoms with van der Waals surface area (Å²) in [6.07, 6.45) is 9.61.